The number of amides is 1. The van der Waals surface area contributed by atoms with Crippen molar-refractivity contribution < 1.29 is 18.3 Å². The Morgan fingerprint density at radius 1 is 1.37 bits per heavy atom. The van der Waals surface area contributed by atoms with E-state index < -0.39 is 24.9 Å². The molecule has 6 heteroatoms. The summed E-state index contributed by atoms with van der Waals surface area (Å²) in [6, 6.07) is 7.24. The van der Waals surface area contributed by atoms with Gasteiger partial charge in [0.05, 0.1) is 20.2 Å². The number of rotatable bonds is 7. The van der Waals surface area contributed by atoms with E-state index in [1.165, 1.54) is 0 Å². The zero-order chi connectivity index (χ0) is 14.3. The van der Waals surface area contributed by atoms with Crippen molar-refractivity contribution in [2.45, 2.75) is 18.8 Å². The highest BCUT2D eigenvalue weighted by Crippen LogP contribution is 2.13. The predicted molar refractivity (Wildman–Crippen MR) is 68.3 cm³/mol. The van der Waals surface area contributed by atoms with Gasteiger partial charge >= 0.3 is 0 Å². The molecular formula is C13H18F2N2O2. The van der Waals surface area contributed by atoms with Crippen molar-refractivity contribution >= 4 is 5.91 Å². The molecule has 0 saturated carbocycles. The Bertz CT molecular complexity index is 408. The van der Waals surface area contributed by atoms with E-state index in [0.29, 0.717) is 6.42 Å². The quantitative estimate of drug-likeness (QED) is 0.787. The zero-order valence-electron chi connectivity index (χ0n) is 10.8. The normalized spacial score (nSPS) is 11.2. The average Bonchev–Trinajstić information content (AvgIpc) is 2.43. The number of alkyl halides is 2. The summed E-state index contributed by atoms with van der Waals surface area (Å²) in [5.74, 6) is -2.73. The highest BCUT2D eigenvalue weighted by atomic mass is 19.3. The van der Waals surface area contributed by atoms with Gasteiger partial charge in [-0.15, -0.1) is 0 Å². The van der Waals surface area contributed by atoms with Crippen LogP contribution in [-0.4, -0.2) is 32.0 Å². The van der Waals surface area contributed by atoms with Crippen molar-refractivity contribution in [1.82, 2.24) is 5.32 Å². The third-order valence-corrected chi connectivity index (χ3v) is 2.64. The molecule has 0 spiro atoms. The summed E-state index contributed by atoms with van der Waals surface area (Å²) in [6.45, 7) is -1.49. The monoisotopic (exact) mass is 272 g/mol. The van der Waals surface area contributed by atoms with Gasteiger partial charge < -0.3 is 15.8 Å². The zero-order valence-corrected chi connectivity index (χ0v) is 10.8. The van der Waals surface area contributed by atoms with E-state index in [4.69, 9.17) is 10.5 Å². The Labute approximate surface area is 110 Å². The van der Waals surface area contributed by atoms with Crippen molar-refractivity contribution in [3.8, 4) is 5.75 Å². The number of methoxy groups -OCH3 is 1. The highest BCUT2D eigenvalue weighted by Gasteiger charge is 2.26. The molecule has 1 rings (SSSR count). The summed E-state index contributed by atoms with van der Waals surface area (Å²) >= 11 is 0. The van der Waals surface area contributed by atoms with Crippen molar-refractivity contribution in [3.63, 3.8) is 0 Å². The molecule has 3 N–H and O–H groups in total. The van der Waals surface area contributed by atoms with Crippen molar-refractivity contribution in [3.05, 3.63) is 29.8 Å². The number of aryl methyl sites for hydroxylation is 1. The number of nitrogens with two attached hydrogens (primary N) is 1. The van der Waals surface area contributed by atoms with Crippen LogP contribution in [0.3, 0.4) is 0 Å². The molecule has 0 aliphatic carbocycles. The van der Waals surface area contributed by atoms with Crippen molar-refractivity contribution in [1.29, 1.82) is 0 Å². The maximum atomic E-state index is 12.8. The lowest BCUT2D eigenvalue weighted by Crippen LogP contribution is -2.41. The second-order valence-electron chi connectivity index (χ2n) is 4.18. The molecule has 106 valence electrons. The third kappa shape index (κ3) is 5.65. The molecule has 0 aromatic heterocycles. The fourth-order valence-electron chi connectivity index (χ4n) is 1.44. The van der Waals surface area contributed by atoms with Gasteiger partial charge in [0.15, 0.2) is 0 Å². The Hall–Kier alpha value is -1.69. The first-order valence-electron chi connectivity index (χ1n) is 5.94. The summed E-state index contributed by atoms with van der Waals surface area (Å²) in [7, 11) is 1.57. The van der Waals surface area contributed by atoms with Gasteiger partial charge in [0, 0.05) is 6.42 Å². The van der Waals surface area contributed by atoms with Gasteiger partial charge in [0.25, 0.3) is 5.92 Å². The smallest absolute Gasteiger partial charge is 0.277 e. The molecule has 0 saturated heterocycles. The number of nitrogens with one attached hydrogen (secondary N) is 1. The van der Waals surface area contributed by atoms with Gasteiger partial charge in [-0.05, 0) is 24.1 Å². The Morgan fingerprint density at radius 2 is 2.00 bits per heavy atom. The number of hydrogen-bond acceptors (Lipinski definition) is 3. The van der Waals surface area contributed by atoms with Crippen LogP contribution < -0.4 is 15.8 Å². The standard InChI is InChI=1S/C13H18F2N2O2/c1-19-11-5-2-10(3-6-11)4-7-12(18)17-9-13(14,15)8-16/h2-3,5-6H,4,7-9,16H2,1H3,(H,17,18). The summed E-state index contributed by atoms with van der Waals surface area (Å²) in [5.41, 5.74) is 5.82. The summed E-state index contributed by atoms with van der Waals surface area (Å²) in [5, 5.41) is 2.17. The SMILES string of the molecule is COc1ccc(CCC(=O)NCC(F)(F)CN)cc1. The van der Waals surface area contributed by atoms with Gasteiger partial charge in [0.2, 0.25) is 5.91 Å². The Kier molecular flexibility index (Phi) is 5.69. The number of benzene rings is 1. The number of hydrogen-bond donors (Lipinski definition) is 2. The maximum absolute atomic E-state index is 12.8. The van der Waals surface area contributed by atoms with Crippen LogP contribution in [0.15, 0.2) is 24.3 Å². The van der Waals surface area contributed by atoms with Crippen molar-refractivity contribution in [2.75, 3.05) is 20.2 Å². The van der Waals surface area contributed by atoms with Gasteiger partial charge in [-0.2, -0.15) is 0 Å². The van der Waals surface area contributed by atoms with Gasteiger partial charge in [-0.3, -0.25) is 4.79 Å². The molecule has 19 heavy (non-hydrogen) atoms. The molecule has 4 nitrogen and oxygen atoms in total. The minimum atomic E-state index is -3.05. The lowest BCUT2D eigenvalue weighted by molar-refractivity contribution is -0.122. The number of halogens is 2. The Balaban J connectivity index is 2.33. The molecule has 0 bridgehead atoms. The van der Waals surface area contributed by atoms with Crippen LogP contribution in [0.1, 0.15) is 12.0 Å². The van der Waals surface area contributed by atoms with Gasteiger partial charge in [-0.25, -0.2) is 8.78 Å². The molecule has 0 fully saturated rings. The molecule has 1 aromatic carbocycles. The second-order valence-corrected chi connectivity index (χ2v) is 4.18. The fraction of sp³-hybridized carbons (Fsp3) is 0.462. The maximum Gasteiger partial charge on any atom is 0.277 e. The Morgan fingerprint density at radius 3 is 2.53 bits per heavy atom. The molecule has 0 unspecified atom stereocenters. The highest BCUT2D eigenvalue weighted by molar-refractivity contribution is 5.76. The minimum Gasteiger partial charge on any atom is -0.497 e. The van der Waals surface area contributed by atoms with Crippen LogP contribution in [-0.2, 0) is 11.2 Å². The van der Waals surface area contributed by atoms with E-state index in [9.17, 15) is 13.6 Å². The predicted octanol–water partition coefficient (Wildman–Crippen LogP) is 1.34. The molecule has 1 amide bonds. The van der Waals surface area contributed by atoms with E-state index in [2.05, 4.69) is 5.32 Å². The van der Waals surface area contributed by atoms with Gasteiger partial charge in [-0.1, -0.05) is 12.1 Å². The number of ether oxygens (including phenoxy) is 1. The molecule has 0 aliphatic heterocycles. The van der Waals surface area contributed by atoms with Crippen LogP contribution in [0.2, 0.25) is 0 Å². The largest absolute Gasteiger partial charge is 0.497 e. The lowest BCUT2D eigenvalue weighted by atomic mass is 10.1. The topological polar surface area (TPSA) is 64.3 Å². The molecule has 1 aromatic rings. The first-order valence-corrected chi connectivity index (χ1v) is 5.94. The van der Waals surface area contributed by atoms with Gasteiger partial charge in [0.1, 0.15) is 5.75 Å². The summed E-state index contributed by atoms with van der Waals surface area (Å²) in [4.78, 5) is 11.4. The van der Waals surface area contributed by atoms with Crippen LogP contribution in [0.4, 0.5) is 8.78 Å². The summed E-state index contributed by atoms with van der Waals surface area (Å²) in [6.07, 6.45) is 0.650. The number of carbonyl (C=O) groups is 1. The van der Waals surface area contributed by atoms with Crippen LogP contribution in [0.25, 0.3) is 0 Å². The van der Waals surface area contributed by atoms with E-state index in [1.54, 1.807) is 19.2 Å². The molecule has 0 aliphatic rings. The summed E-state index contributed by atoms with van der Waals surface area (Å²) < 4.78 is 30.6. The van der Waals surface area contributed by atoms with E-state index in [1.807, 2.05) is 12.1 Å². The first-order chi connectivity index (χ1) is 8.96. The molecule has 0 heterocycles. The molecule has 0 atom stereocenters. The second kappa shape index (κ2) is 7.04. The minimum absolute atomic E-state index is 0.160. The van der Waals surface area contributed by atoms with Crippen LogP contribution in [0, 0.1) is 0 Å². The first kappa shape index (κ1) is 15.4. The number of carbonyl (C=O) groups excluding carboxylic acids is 1. The van der Waals surface area contributed by atoms with E-state index in [-0.39, 0.29) is 6.42 Å². The van der Waals surface area contributed by atoms with Crippen LogP contribution >= 0.6 is 0 Å². The van der Waals surface area contributed by atoms with Crippen molar-refractivity contribution in [2.24, 2.45) is 5.73 Å². The molecular weight excluding hydrogens is 254 g/mol. The third-order valence-electron chi connectivity index (χ3n) is 2.64. The van der Waals surface area contributed by atoms with E-state index >= 15 is 0 Å². The lowest BCUT2D eigenvalue weighted by Gasteiger charge is -2.14. The fourth-order valence-corrected chi connectivity index (χ4v) is 1.44. The van der Waals surface area contributed by atoms with Crippen LogP contribution in [0.5, 0.6) is 5.75 Å². The van der Waals surface area contributed by atoms with E-state index in [0.717, 1.165) is 11.3 Å². The molecule has 0 radical (unpaired) electrons. The average molecular weight is 272 g/mol.